The number of aromatic nitrogens is 4. The van der Waals surface area contributed by atoms with Gasteiger partial charge in [0.2, 0.25) is 0 Å². The summed E-state index contributed by atoms with van der Waals surface area (Å²) in [5, 5.41) is 13.5. The average molecular weight is 416 g/mol. The Morgan fingerprint density at radius 2 is 1.60 bits per heavy atom. The minimum Gasteiger partial charge on any atom is -0.285 e. The van der Waals surface area contributed by atoms with E-state index in [4.69, 9.17) is 11.6 Å². The van der Waals surface area contributed by atoms with Crippen molar-refractivity contribution in [1.29, 1.82) is 0 Å². The highest BCUT2D eigenvalue weighted by atomic mass is 35.5. The molecule has 0 fully saturated rings. The van der Waals surface area contributed by atoms with Gasteiger partial charge in [-0.25, -0.2) is 4.68 Å². The Bertz CT molecular complexity index is 1120. The molecule has 0 saturated carbocycles. The van der Waals surface area contributed by atoms with Gasteiger partial charge < -0.3 is 0 Å². The summed E-state index contributed by atoms with van der Waals surface area (Å²) >= 11 is 6.17. The molecule has 5 rings (SSSR count). The van der Waals surface area contributed by atoms with E-state index in [0.717, 1.165) is 35.9 Å². The second kappa shape index (κ2) is 8.38. The van der Waals surface area contributed by atoms with Crippen LogP contribution in [0, 0.1) is 0 Å². The van der Waals surface area contributed by atoms with Gasteiger partial charge in [0.15, 0.2) is 5.82 Å². The molecule has 0 N–H and O–H groups in total. The summed E-state index contributed by atoms with van der Waals surface area (Å²) in [6.07, 6.45) is 1.01. The molecule has 1 aliphatic rings. The summed E-state index contributed by atoms with van der Waals surface area (Å²) in [7, 11) is 0. The van der Waals surface area contributed by atoms with Crippen molar-refractivity contribution in [2.24, 2.45) is 0 Å². The third kappa shape index (κ3) is 3.86. The predicted octanol–water partition coefficient (Wildman–Crippen LogP) is 4.52. The molecule has 3 aromatic carbocycles. The third-order valence-electron chi connectivity index (χ3n) is 5.69. The molecule has 0 amide bonds. The lowest BCUT2D eigenvalue weighted by Crippen LogP contribution is -2.36. The van der Waals surface area contributed by atoms with Crippen LogP contribution in [0.2, 0.25) is 5.02 Å². The van der Waals surface area contributed by atoms with Crippen molar-refractivity contribution >= 4 is 11.6 Å². The molecular formula is C24H22ClN5. The lowest BCUT2D eigenvalue weighted by molar-refractivity contribution is 0.195. The maximum absolute atomic E-state index is 6.17. The Morgan fingerprint density at radius 1 is 0.867 bits per heavy atom. The molecule has 1 atom stereocenters. The predicted molar refractivity (Wildman–Crippen MR) is 117 cm³/mol. The van der Waals surface area contributed by atoms with Crippen LogP contribution in [0.25, 0.3) is 0 Å². The van der Waals surface area contributed by atoms with E-state index in [2.05, 4.69) is 69.0 Å². The van der Waals surface area contributed by atoms with E-state index in [-0.39, 0.29) is 6.04 Å². The van der Waals surface area contributed by atoms with Gasteiger partial charge in [-0.3, -0.25) is 4.90 Å². The van der Waals surface area contributed by atoms with E-state index in [9.17, 15) is 0 Å². The van der Waals surface area contributed by atoms with Crippen molar-refractivity contribution in [3.8, 4) is 0 Å². The Kier molecular flexibility index (Phi) is 5.30. The summed E-state index contributed by atoms with van der Waals surface area (Å²) < 4.78 is 1.91. The minimum absolute atomic E-state index is 0.0469. The molecule has 0 saturated heterocycles. The van der Waals surface area contributed by atoms with Crippen molar-refractivity contribution in [2.45, 2.75) is 25.6 Å². The van der Waals surface area contributed by atoms with Gasteiger partial charge in [-0.1, -0.05) is 78.3 Å². The number of hydrogen-bond donors (Lipinski definition) is 0. The summed E-state index contributed by atoms with van der Waals surface area (Å²) in [6.45, 7) is 2.45. The maximum Gasteiger partial charge on any atom is 0.173 e. The van der Waals surface area contributed by atoms with Gasteiger partial charge >= 0.3 is 0 Å². The fraction of sp³-hybridized carbons (Fsp3) is 0.208. The Hall–Kier alpha value is -3.02. The first-order valence-corrected chi connectivity index (χ1v) is 10.5. The lowest BCUT2D eigenvalue weighted by atomic mass is 9.96. The number of fused-ring (bicyclic) bond motifs is 1. The summed E-state index contributed by atoms with van der Waals surface area (Å²) in [6, 6.07) is 26.9. The van der Waals surface area contributed by atoms with Crippen LogP contribution in [0.5, 0.6) is 0 Å². The number of nitrogens with zero attached hydrogens (tertiary/aromatic N) is 5. The molecule has 4 aromatic rings. The Balaban J connectivity index is 1.53. The molecule has 30 heavy (non-hydrogen) atoms. The summed E-state index contributed by atoms with van der Waals surface area (Å²) in [4.78, 5) is 2.46. The van der Waals surface area contributed by atoms with Crippen LogP contribution in [0.1, 0.15) is 34.1 Å². The van der Waals surface area contributed by atoms with Crippen LogP contribution < -0.4 is 0 Å². The zero-order chi connectivity index (χ0) is 20.3. The SMILES string of the molecule is Clc1ccc(C(c2nnnn2Cc2ccccc2)N2CCc3ccccc3C2)cc1. The Morgan fingerprint density at radius 3 is 2.40 bits per heavy atom. The van der Waals surface area contributed by atoms with Crippen molar-refractivity contribution in [3.05, 3.63) is 112 Å². The monoisotopic (exact) mass is 415 g/mol. The van der Waals surface area contributed by atoms with E-state index in [1.54, 1.807) is 0 Å². The van der Waals surface area contributed by atoms with Crippen LogP contribution in [0.15, 0.2) is 78.9 Å². The van der Waals surface area contributed by atoms with Crippen LogP contribution in [-0.4, -0.2) is 31.7 Å². The first kappa shape index (κ1) is 19.0. The van der Waals surface area contributed by atoms with Gasteiger partial charge in [-0.2, -0.15) is 0 Å². The fourth-order valence-corrected chi connectivity index (χ4v) is 4.31. The molecule has 0 radical (unpaired) electrons. The highest BCUT2D eigenvalue weighted by Crippen LogP contribution is 2.32. The van der Waals surface area contributed by atoms with E-state index in [1.807, 2.05) is 35.0 Å². The highest BCUT2D eigenvalue weighted by Gasteiger charge is 2.30. The van der Waals surface area contributed by atoms with E-state index in [1.165, 1.54) is 16.7 Å². The first-order chi connectivity index (χ1) is 14.8. The van der Waals surface area contributed by atoms with Gasteiger partial charge in [0, 0.05) is 18.1 Å². The quantitative estimate of drug-likeness (QED) is 0.480. The number of benzene rings is 3. The van der Waals surface area contributed by atoms with Gasteiger partial charge in [0.05, 0.1) is 12.6 Å². The zero-order valence-electron chi connectivity index (χ0n) is 16.5. The Labute approximate surface area is 180 Å². The third-order valence-corrected chi connectivity index (χ3v) is 5.94. The highest BCUT2D eigenvalue weighted by molar-refractivity contribution is 6.30. The summed E-state index contributed by atoms with van der Waals surface area (Å²) in [5.74, 6) is 0.848. The lowest BCUT2D eigenvalue weighted by Gasteiger charge is -2.35. The maximum atomic E-state index is 6.17. The molecule has 1 unspecified atom stereocenters. The first-order valence-electron chi connectivity index (χ1n) is 10.1. The number of rotatable bonds is 5. The molecule has 5 nitrogen and oxygen atoms in total. The van der Waals surface area contributed by atoms with Crippen molar-refractivity contribution in [1.82, 2.24) is 25.1 Å². The molecule has 0 bridgehead atoms. The zero-order valence-corrected chi connectivity index (χ0v) is 17.3. The largest absolute Gasteiger partial charge is 0.285 e. The normalized spacial score (nSPS) is 15.0. The van der Waals surface area contributed by atoms with Crippen LogP contribution in [0.3, 0.4) is 0 Å². The molecule has 6 heteroatoms. The van der Waals surface area contributed by atoms with Gasteiger partial charge in [-0.05, 0) is 51.2 Å². The molecule has 0 spiro atoms. The fourth-order valence-electron chi connectivity index (χ4n) is 4.18. The van der Waals surface area contributed by atoms with Crippen molar-refractivity contribution in [2.75, 3.05) is 6.54 Å². The molecular weight excluding hydrogens is 394 g/mol. The van der Waals surface area contributed by atoms with Crippen molar-refractivity contribution in [3.63, 3.8) is 0 Å². The van der Waals surface area contributed by atoms with E-state index >= 15 is 0 Å². The van der Waals surface area contributed by atoms with Gasteiger partial charge in [-0.15, -0.1) is 5.10 Å². The molecule has 2 heterocycles. The molecule has 150 valence electrons. The second-order valence-electron chi connectivity index (χ2n) is 7.62. The average Bonchev–Trinajstić information content (AvgIpc) is 3.23. The smallest absolute Gasteiger partial charge is 0.173 e. The van der Waals surface area contributed by atoms with E-state index in [0.29, 0.717) is 6.54 Å². The molecule has 0 aliphatic carbocycles. The van der Waals surface area contributed by atoms with Crippen molar-refractivity contribution < 1.29 is 0 Å². The number of halogens is 1. The number of tetrazole rings is 1. The van der Waals surface area contributed by atoms with E-state index < -0.39 is 0 Å². The standard InChI is InChI=1S/C24H22ClN5/c25-22-12-10-20(11-13-22)23(29-15-14-19-8-4-5-9-21(19)17-29)24-26-27-28-30(24)16-18-6-2-1-3-7-18/h1-13,23H,14-17H2. The second-order valence-corrected chi connectivity index (χ2v) is 8.06. The topological polar surface area (TPSA) is 46.8 Å². The van der Waals surface area contributed by atoms with Crippen LogP contribution in [0.4, 0.5) is 0 Å². The van der Waals surface area contributed by atoms with Crippen LogP contribution in [-0.2, 0) is 19.5 Å². The minimum atomic E-state index is -0.0469. The van der Waals surface area contributed by atoms with Gasteiger partial charge in [0.25, 0.3) is 0 Å². The van der Waals surface area contributed by atoms with Crippen LogP contribution >= 0.6 is 11.6 Å². The molecule has 1 aliphatic heterocycles. The van der Waals surface area contributed by atoms with Gasteiger partial charge in [0.1, 0.15) is 0 Å². The summed E-state index contributed by atoms with van der Waals surface area (Å²) in [5.41, 5.74) is 5.10. The molecule has 1 aromatic heterocycles. The number of hydrogen-bond acceptors (Lipinski definition) is 4.